The molecule has 0 amide bonds. The Morgan fingerprint density at radius 2 is 1.91 bits per heavy atom. The van der Waals surface area contributed by atoms with E-state index in [4.69, 9.17) is 0 Å². The number of pyridine rings is 1. The zero-order valence-electron chi connectivity index (χ0n) is 12.9. The minimum absolute atomic E-state index is 0.0165. The molecule has 6 heteroatoms. The van der Waals surface area contributed by atoms with Gasteiger partial charge in [0.1, 0.15) is 0 Å². The van der Waals surface area contributed by atoms with E-state index in [1.54, 1.807) is 6.20 Å². The van der Waals surface area contributed by atoms with Crippen LogP contribution in [0.4, 0.5) is 0 Å². The van der Waals surface area contributed by atoms with Crippen LogP contribution >= 0.6 is 0 Å². The SMILES string of the molecule is CCc1ccc(-c2cnc(C(=O)[As]CC(=O)OC)c(O)c2)cc1. The molecule has 0 bridgehead atoms. The molecule has 0 aliphatic carbocycles. The minimum atomic E-state index is -0.934. The van der Waals surface area contributed by atoms with Crippen molar-refractivity contribution in [2.75, 3.05) is 7.11 Å². The van der Waals surface area contributed by atoms with E-state index in [1.165, 1.54) is 18.7 Å². The summed E-state index contributed by atoms with van der Waals surface area (Å²) in [5.41, 5.74) is 2.91. The van der Waals surface area contributed by atoms with Crippen molar-refractivity contribution in [1.82, 2.24) is 4.98 Å². The number of aromatic nitrogens is 1. The van der Waals surface area contributed by atoms with Crippen molar-refractivity contribution >= 4 is 26.3 Å². The summed E-state index contributed by atoms with van der Waals surface area (Å²) in [5.74, 6) is -0.585. The number of rotatable bonds is 6. The number of methoxy groups -OCH3 is 1. The molecule has 2 aromatic rings. The van der Waals surface area contributed by atoms with Gasteiger partial charge < -0.3 is 0 Å². The second-order valence-electron chi connectivity index (χ2n) is 4.84. The summed E-state index contributed by atoms with van der Waals surface area (Å²) in [6.45, 7) is 2.08. The van der Waals surface area contributed by atoms with Crippen LogP contribution in [0.25, 0.3) is 11.1 Å². The van der Waals surface area contributed by atoms with Gasteiger partial charge in [-0.25, -0.2) is 0 Å². The van der Waals surface area contributed by atoms with Crippen LogP contribution in [0.5, 0.6) is 5.75 Å². The van der Waals surface area contributed by atoms with E-state index in [2.05, 4.69) is 16.6 Å². The molecule has 1 aromatic carbocycles. The van der Waals surface area contributed by atoms with Crippen LogP contribution in [0.1, 0.15) is 23.0 Å². The fourth-order valence-electron chi connectivity index (χ4n) is 1.98. The molecule has 0 saturated carbocycles. The van der Waals surface area contributed by atoms with E-state index in [9.17, 15) is 14.7 Å². The van der Waals surface area contributed by atoms with E-state index >= 15 is 0 Å². The third-order valence-electron chi connectivity index (χ3n) is 3.35. The Morgan fingerprint density at radius 3 is 2.48 bits per heavy atom. The molecule has 23 heavy (non-hydrogen) atoms. The molecule has 0 aliphatic heterocycles. The quantitative estimate of drug-likeness (QED) is 0.621. The summed E-state index contributed by atoms with van der Waals surface area (Å²) >= 11 is -0.934. The van der Waals surface area contributed by atoms with Gasteiger partial charge in [0.05, 0.1) is 0 Å². The van der Waals surface area contributed by atoms with Crippen LogP contribution < -0.4 is 0 Å². The molecule has 0 atom stereocenters. The van der Waals surface area contributed by atoms with Gasteiger partial charge in [0.25, 0.3) is 0 Å². The number of carbonyl (C=O) groups excluding carboxylic acids is 2. The molecule has 1 heterocycles. The first kappa shape index (κ1) is 17.2. The predicted octanol–water partition coefficient (Wildman–Crippen LogP) is 2.45. The molecule has 0 fully saturated rings. The van der Waals surface area contributed by atoms with Crippen LogP contribution in [0.3, 0.4) is 0 Å². The van der Waals surface area contributed by atoms with Gasteiger partial charge in [-0.15, -0.1) is 0 Å². The Kier molecular flexibility index (Phi) is 5.94. The van der Waals surface area contributed by atoms with Crippen molar-refractivity contribution in [3.8, 4) is 16.9 Å². The second-order valence-corrected chi connectivity index (χ2v) is 7.02. The molecule has 119 valence electrons. The first-order valence-electron chi connectivity index (χ1n) is 7.12. The number of hydrogen-bond donors (Lipinski definition) is 1. The van der Waals surface area contributed by atoms with Gasteiger partial charge in [-0.2, -0.15) is 0 Å². The van der Waals surface area contributed by atoms with Crippen LogP contribution in [0.2, 0.25) is 5.21 Å². The standard InChI is InChI=1S/C17H17AsNO4/c1-3-11-4-6-12(7-5-11)13-8-14(20)16(19-10-13)17(22)18-9-15(21)23-2/h4-8,10,20H,3,9H2,1-2H3. The number of nitrogens with zero attached hydrogens (tertiary/aromatic N) is 1. The van der Waals surface area contributed by atoms with Crippen molar-refractivity contribution in [3.63, 3.8) is 0 Å². The number of benzene rings is 1. The van der Waals surface area contributed by atoms with Gasteiger partial charge in [-0.3, -0.25) is 0 Å². The number of aryl methyl sites for hydroxylation is 1. The first-order chi connectivity index (χ1) is 11.0. The molecular formula is C17H17AsNO4. The zero-order valence-corrected chi connectivity index (χ0v) is 14.8. The molecule has 1 aromatic heterocycles. The van der Waals surface area contributed by atoms with Gasteiger partial charge in [-0.1, -0.05) is 0 Å². The molecule has 1 radical (unpaired) electrons. The molecular weight excluding hydrogens is 357 g/mol. The Bertz CT molecular complexity index is 713. The summed E-state index contributed by atoms with van der Waals surface area (Å²) in [5, 5.41) is 10.1. The normalized spacial score (nSPS) is 10.9. The first-order valence-corrected chi connectivity index (χ1v) is 9.38. The molecule has 0 unspecified atom stereocenters. The van der Waals surface area contributed by atoms with Crippen molar-refractivity contribution in [1.29, 1.82) is 0 Å². The third kappa shape index (κ3) is 4.42. The molecule has 5 nitrogen and oxygen atoms in total. The number of ether oxygens (including phenoxy) is 1. The summed E-state index contributed by atoms with van der Waals surface area (Å²) in [4.78, 5) is 27.2. The Labute approximate surface area is 141 Å². The molecule has 0 saturated heterocycles. The number of esters is 1. The van der Waals surface area contributed by atoms with E-state index in [0.717, 1.165) is 17.5 Å². The number of hydrogen-bond acceptors (Lipinski definition) is 5. The number of carbonyl (C=O) groups is 2. The van der Waals surface area contributed by atoms with Gasteiger partial charge >= 0.3 is 141 Å². The number of aromatic hydroxyl groups is 1. The Hall–Kier alpha value is -2.13. The van der Waals surface area contributed by atoms with Crippen molar-refractivity contribution in [2.45, 2.75) is 18.6 Å². The maximum absolute atomic E-state index is 12.0. The van der Waals surface area contributed by atoms with E-state index in [1.807, 2.05) is 24.3 Å². The van der Waals surface area contributed by atoms with Crippen molar-refractivity contribution < 1.29 is 19.4 Å². The van der Waals surface area contributed by atoms with Gasteiger partial charge in [0.15, 0.2) is 0 Å². The summed E-state index contributed by atoms with van der Waals surface area (Å²) < 4.78 is 4.22. The third-order valence-corrected chi connectivity index (χ3v) is 5.27. The average Bonchev–Trinajstić information content (AvgIpc) is 2.59. The van der Waals surface area contributed by atoms with Crippen LogP contribution in [-0.4, -0.2) is 43.5 Å². The zero-order chi connectivity index (χ0) is 16.8. The van der Waals surface area contributed by atoms with Gasteiger partial charge in [-0.05, 0) is 0 Å². The predicted molar refractivity (Wildman–Crippen MR) is 87.6 cm³/mol. The molecule has 2 rings (SSSR count). The molecule has 1 N–H and O–H groups in total. The molecule has 0 aliphatic rings. The second kappa shape index (κ2) is 7.93. The average molecular weight is 374 g/mol. The monoisotopic (exact) mass is 374 g/mol. The summed E-state index contributed by atoms with van der Waals surface area (Å²) in [7, 11) is 1.28. The maximum atomic E-state index is 12.0. The van der Waals surface area contributed by atoms with Crippen LogP contribution in [0.15, 0.2) is 36.5 Å². The van der Waals surface area contributed by atoms with E-state index in [-0.39, 0.29) is 21.2 Å². The fourth-order valence-corrected chi connectivity index (χ4v) is 3.50. The van der Waals surface area contributed by atoms with Crippen LogP contribution in [0, 0.1) is 0 Å². The van der Waals surface area contributed by atoms with Crippen molar-refractivity contribution in [2.24, 2.45) is 0 Å². The molecule has 0 spiro atoms. The van der Waals surface area contributed by atoms with Crippen molar-refractivity contribution in [3.05, 3.63) is 47.8 Å². The Balaban J connectivity index is 2.16. The van der Waals surface area contributed by atoms with E-state index < -0.39 is 21.7 Å². The van der Waals surface area contributed by atoms with E-state index in [0.29, 0.717) is 0 Å². The Morgan fingerprint density at radius 1 is 1.22 bits per heavy atom. The van der Waals surface area contributed by atoms with Crippen LogP contribution in [-0.2, 0) is 16.0 Å². The fraction of sp³-hybridized carbons (Fsp3) is 0.235. The van der Waals surface area contributed by atoms with Gasteiger partial charge in [0, 0.05) is 0 Å². The topological polar surface area (TPSA) is 76.5 Å². The summed E-state index contributed by atoms with van der Waals surface area (Å²) in [6.07, 6.45) is 2.52. The summed E-state index contributed by atoms with van der Waals surface area (Å²) in [6, 6.07) is 9.49. The van der Waals surface area contributed by atoms with Gasteiger partial charge in [0.2, 0.25) is 0 Å².